The summed E-state index contributed by atoms with van der Waals surface area (Å²) in [5, 5.41) is 8.93. The van der Waals surface area contributed by atoms with Crippen LogP contribution in [-0.2, 0) is 4.79 Å². The topological polar surface area (TPSA) is 74.5 Å². The molecule has 0 saturated carbocycles. The number of thiophene rings is 1. The molecule has 1 aliphatic rings. The van der Waals surface area contributed by atoms with Crippen LogP contribution in [0.25, 0.3) is 11.0 Å². The molecule has 0 fully saturated rings. The Morgan fingerprint density at radius 3 is 2.96 bits per heavy atom. The van der Waals surface area contributed by atoms with Gasteiger partial charge in [0, 0.05) is 6.42 Å². The van der Waals surface area contributed by atoms with Crippen molar-refractivity contribution in [2.45, 2.75) is 17.6 Å². The predicted octanol–water partition coefficient (Wildman–Crippen LogP) is 4.69. The molecule has 1 atom stereocenters. The highest BCUT2D eigenvalue weighted by Gasteiger charge is 2.35. The Kier molecular flexibility index (Phi) is 4.50. The number of aromatic amines is 1. The number of imidazole rings is 1. The van der Waals surface area contributed by atoms with Gasteiger partial charge in [-0.25, -0.2) is 9.99 Å². The zero-order valence-electron chi connectivity index (χ0n) is 14.7. The third-order valence-electron chi connectivity index (χ3n) is 4.54. The van der Waals surface area contributed by atoms with E-state index in [2.05, 4.69) is 15.1 Å². The van der Waals surface area contributed by atoms with Crippen LogP contribution in [-0.4, -0.2) is 32.3 Å². The van der Waals surface area contributed by atoms with E-state index in [4.69, 9.17) is 4.42 Å². The average molecular weight is 409 g/mol. The second-order valence-corrected chi connectivity index (χ2v) is 8.26. The number of furan rings is 1. The SMILES string of the molecule is O=C(CSc1nc2ccccc2[nH]1)N1N=C(c2cccs2)CC1c1ccco1. The van der Waals surface area contributed by atoms with Crippen molar-refractivity contribution in [2.75, 3.05) is 5.75 Å². The van der Waals surface area contributed by atoms with Crippen molar-refractivity contribution < 1.29 is 9.21 Å². The van der Waals surface area contributed by atoms with Gasteiger partial charge >= 0.3 is 0 Å². The fraction of sp³-hybridized carbons (Fsp3) is 0.150. The second-order valence-electron chi connectivity index (χ2n) is 6.35. The standard InChI is InChI=1S/C20H16N4O2S2/c25-19(12-28-20-21-13-5-1-2-6-14(13)22-20)24-16(17-7-3-9-26-17)11-15(23-24)18-8-4-10-27-18/h1-10,16H,11-12H2,(H,21,22). The molecule has 5 rings (SSSR count). The number of carbonyl (C=O) groups excluding carboxylic acids is 1. The first kappa shape index (κ1) is 17.3. The first-order valence-corrected chi connectivity index (χ1v) is 10.7. The van der Waals surface area contributed by atoms with Crippen LogP contribution < -0.4 is 0 Å². The van der Waals surface area contributed by atoms with Crippen molar-refractivity contribution in [1.29, 1.82) is 0 Å². The van der Waals surface area contributed by atoms with Crippen LogP contribution in [0.2, 0.25) is 0 Å². The number of nitrogens with zero attached hydrogens (tertiary/aromatic N) is 3. The Bertz CT molecular complexity index is 1100. The van der Waals surface area contributed by atoms with Gasteiger partial charge < -0.3 is 9.40 Å². The second kappa shape index (κ2) is 7.29. The Morgan fingerprint density at radius 2 is 2.18 bits per heavy atom. The van der Waals surface area contributed by atoms with Crippen LogP contribution in [0.5, 0.6) is 0 Å². The van der Waals surface area contributed by atoms with Crippen LogP contribution in [0, 0.1) is 0 Å². The highest BCUT2D eigenvalue weighted by Crippen LogP contribution is 2.34. The van der Waals surface area contributed by atoms with Crippen molar-refractivity contribution in [2.24, 2.45) is 5.10 Å². The third-order valence-corrected chi connectivity index (χ3v) is 6.32. The molecule has 140 valence electrons. The number of hydrazone groups is 1. The van der Waals surface area contributed by atoms with Crippen LogP contribution in [0.15, 0.2) is 74.8 Å². The zero-order valence-corrected chi connectivity index (χ0v) is 16.4. The number of nitrogens with one attached hydrogen (secondary N) is 1. The van der Waals surface area contributed by atoms with Gasteiger partial charge in [-0.05, 0) is 35.7 Å². The summed E-state index contributed by atoms with van der Waals surface area (Å²) in [5.74, 6) is 0.925. The summed E-state index contributed by atoms with van der Waals surface area (Å²) in [6.45, 7) is 0. The summed E-state index contributed by atoms with van der Waals surface area (Å²) in [6, 6.07) is 15.4. The van der Waals surface area contributed by atoms with Crippen LogP contribution >= 0.6 is 23.1 Å². The highest BCUT2D eigenvalue weighted by atomic mass is 32.2. The van der Waals surface area contributed by atoms with E-state index in [0.717, 1.165) is 32.5 Å². The quantitative estimate of drug-likeness (QED) is 0.486. The van der Waals surface area contributed by atoms with E-state index in [0.29, 0.717) is 6.42 Å². The average Bonchev–Trinajstić information content (AvgIpc) is 3.50. The predicted molar refractivity (Wildman–Crippen MR) is 111 cm³/mol. The van der Waals surface area contributed by atoms with Gasteiger partial charge in [-0.15, -0.1) is 11.3 Å². The number of hydrogen-bond donors (Lipinski definition) is 1. The molecule has 28 heavy (non-hydrogen) atoms. The Balaban J connectivity index is 1.36. The monoisotopic (exact) mass is 408 g/mol. The number of para-hydroxylation sites is 2. The van der Waals surface area contributed by atoms with Crippen molar-refractivity contribution in [3.63, 3.8) is 0 Å². The lowest BCUT2D eigenvalue weighted by Gasteiger charge is -2.19. The maximum atomic E-state index is 13.0. The van der Waals surface area contributed by atoms with Crippen molar-refractivity contribution in [3.8, 4) is 0 Å². The van der Waals surface area contributed by atoms with Gasteiger partial charge in [-0.1, -0.05) is 30.0 Å². The lowest BCUT2D eigenvalue weighted by atomic mass is 10.1. The van der Waals surface area contributed by atoms with Gasteiger partial charge in [-0.3, -0.25) is 4.79 Å². The molecule has 4 heterocycles. The van der Waals surface area contributed by atoms with Gasteiger partial charge in [0.05, 0.1) is 33.6 Å². The lowest BCUT2D eigenvalue weighted by molar-refractivity contribution is -0.130. The Morgan fingerprint density at radius 1 is 1.25 bits per heavy atom. The molecule has 0 spiro atoms. The number of H-pyrrole nitrogens is 1. The molecule has 1 unspecified atom stereocenters. The van der Waals surface area contributed by atoms with E-state index < -0.39 is 0 Å². The summed E-state index contributed by atoms with van der Waals surface area (Å²) in [5.41, 5.74) is 2.77. The summed E-state index contributed by atoms with van der Waals surface area (Å²) < 4.78 is 5.58. The molecule has 3 aromatic heterocycles. The van der Waals surface area contributed by atoms with E-state index in [-0.39, 0.29) is 17.7 Å². The van der Waals surface area contributed by atoms with Gasteiger partial charge in [-0.2, -0.15) is 5.10 Å². The maximum Gasteiger partial charge on any atom is 0.253 e. The summed E-state index contributed by atoms with van der Waals surface area (Å²) in [7, 11) is 0. The molecule has 0 aliphatic carbocycles. The van der Waals surface area contributed by atoms with Crippen LogP contribution in [0.3, 0.4) is 0 Å². The minimum Gasteiger partial charge on any atom is -0.467 e. The number of rotatable bonds is 5. The summed E-state index contributed by atoms with van der Waals surface area (Å²) in [4.78, 5) is 21.8. The van der Waals surface area contributed by atoms with E-state index >= 15 is 0 Å². The van der Waals surface area contributed by atoms with Crippen molar-refractivity contribution in [3.05, 3.63) is 70.8 Å². The molecule has 1 N–H and O–H groups in total. The van der Waals surface area contributed by atoms with Crippen LogP contribution in [0.1, 0.15) is 23.1 Å². The zero-order chi connectivity index (χ0) is 18.9. The van der Waals surface area contributed by atoms with Gasteiger partial charge in [0.25, 0.3) is 5.91 Å². The Labute approximate surface area is 169 Å². The molecule has 1 amide bonds. The number of carbonyl (C=O) groups is 1. The van der Waals surface area contributed by atoms with Crippen molar-refractivity contribution in [1.82, 2.24) is 15.0 Å². The number of benzene rings is 1. The van der Waals surface area contributed by atoms with Gasteiger partial charge in [0.15, 0.2) is 5.16 Å². The smallest absolute Gasteiger partial charge is 0.253 e. The summed E-state index contributed by atoms with van der Waals surface area (Å²) in [6.07, 6.45) is 2.28. The third kappa shape index (κ3) is 3.25. The molecule has 0 radical (unpaired) electrons. The number of amides is 1. The maximum absolute atomic E-state index is 13.0. The Hall–Kier alpha value is -2.84. The summed E-state index contributed by atoms with van der Waals surface area (Å²) >= 11 is 3.01. The lowest BCUT2D eigenvalue weighted by Crippen LogP contribution is -2.28. The molecule has 6 nitrogen and oxygen atoms in total. The fourth-order valence-corrected chi connectivity index (χ4v) is 4.69. The molecule has 0 bridgehead atoms. The molecular formula is C20H16N4O2S2. The number of hydrogen-bond acceptors (Lipinski definition) is 6. The molecule has 8 heteroatoms. The van der Waals surface area contributed by atoms with Crippen molar-refractivity contribution >= 4 is 45.8 Å². The minimum absolute atomic E-state index is 0.0709. The first-order chi connectivity index (χ1) is 13.8. The van der Waals surface area contributed by atoms with E-state index in [9.17, 15) is 4.79 Å². The fourth-order valence-electron chi connectivity index (χ4n) is 3.23. The molecule has 1 aliphatic heterocycles. The number of aromatic nitrogens is 2. The molecular weight excluding hydrogens is 392 g/mol. The minimum atomic E-state index is -0.212. The number of thioether (sulfide) groups is 1. The molecule has 0 saturated heterocycles. The van der Waals surface area contributed by atoms with E-state index in [1.165, 1.54) is 11.8 Å². The van der Waals surface area contributed by atoms with E-state index in [1.807, 2.05) is 53.9 Å². The van der Waals surface area contributed by atoms with Gasteiger partial charge in [0.2, 0.25) is 0 Å². The van der Waals surface area contributed by atoms with Crippen LogP contribution in [0.4, 0.5) is 0 Å². The molecule has 4 aromatic rings. The van der Waals surface area contributed by atoms with E-state index in [1.54, 1.807) is 22.6 Å². The number of fused-ring (bicyclic) bond motifs is 1. The normalized spacial score (nSPS) is 16.6. The van der Waals surface area contributed by atoms with Gasteiger partial charge in [0.1, 0.15) is 11.8 Å². The first-order valence-electron chi connectivity index (χ1n) is 8.82. The largest absolute Gasteiger partial charge is 0.467 e. The highest BCUT2D eigenvalue weighted by molar-refractivity contribution is 7.99. The molecule has 1 aromatic carbocycles.